The maximum atomic E-state index is 12.0. The number of nitrogens with zero attached hydrogens (tertiary/aromatic N) is 1. The summed E-state index contributed by atoms with van der Waals surface area (Å²) in [6, 6.07) is 4.76. The Morgan fingerprint density at radius 3 is 2.85 bits per heavy atom. The maximum Gasteiger partial charge on any atom is 0.321 e. The summed E-state index contributed by atoms with van der Waals surface area (Å²) in [5.41, 5.74) is 0.591. The molecule has 1 unspecified atom stereocenters. The van der Waals surface area contributed by atoms with Gasteiger partial charge in [0.05, 0.1) is 18.2 Å². The average molecular weight is 299 g/mol. The van der Waals surface area contributed by atoms with Crippen LogP contribution >= 0.6 is 11.6 Å². The van der Waals surface area contributed by atoms with Gasteiger partial charge >= 0.3 is 6.03 Å². The van der Waals surface area contributed by atoms with Crippen molar-refractivity contribution >= 4 is 23.3 Å². The highest BCUT2D eigenvalue weighted by Crippen LogP contribution is 2.32. The lowest BCUT2D eigenvalue weighted by molar-refractivity contribution is 0.117. The van der Waals surface area contributed by atoms with Gasteiger partial charge in [0.25, 0.3) is 0 Å². The van der Waals surface area contributed by atoms with Crippen LogP contribution in [0.3, 0.4) is 0 Å². The molecule has 1 fully saturated rings. The van der Waals surface area contributed by atoms with Gasteiger partial charge in [-0.15, -0.1) is 0 Å². The lowest BCUT2D eigenvalue weighted by Crippen LogP contribution is -2.37. The molecule has 1 aromatic rings. The zero-order valence-electron chi connectivity index (χ0n) is 11.6. The smallest absolute Gasteiger partial charge is 0.321 e. The first kappa shape index (κ1) is 14.9. The van der Waals surface area contributed by atoms with E-state index in [9.17, 15) is 9.90 Å². The Morgan fingerprint density at radius 1 is 1.60 bits per heavy atom. The number of hydrogen-bond donors (Lipinski definition) is 2. The number of nitrogens with one attached hydrogen (secondary N) is 1. The molecule has 1 aliphatic rings. The number of halogens is 1. The molecule has 2 rings (SSSR count). The number of carbonyl (C=O) groups excluding carboxylic acids is 1. The Hall–Kier alpha value is -1.46. The summed E-state index contributed by atoms with van der Waals surface area (Å²) in [6.45, 7) is 0.334. The molecule has 2 N–H and O–H groups in total. The molecule has 5 nitrogen and oxygen atoms in total. The Bertz CT molecular complexity index is 491. The number of likely N-dealkylation sites (N-methyl/N-ethyl adjacent to an activating group) is 1. The predicted octanol–water partition coefficient (Wildman–Crippen LogP) is 2.58. The summed E-state index contributed by atoms with van der Waals surface area (Å²) in [5.74, 6) is 0.905. The molecule has 0 aromatic heterocycles. The van der Waals surface area contributed by atoms with E-state index in [1.165, 1.54) is 12.0 Å². The van der Waals surface area contributed by atoms with Gasteiger partial charge in [-0.25, -0.2) is 4.79 Å². The minimum absolute atomic E-state index is 0.272. The van der Waals surface area contributed by atoms with Crippen LogP contribution < -0.4 is 10.1 Å². The second kappa shape index (κ2) is 6.33. The third-order valence-corrected chi connectivity index (χ3v) is 3.67. The first-order valence-corrected chi connectivity index (χ1v) is 6.92. The Kier molecular flexibility index (Phi) is 4.73. The largest absolute Gasteiger partial charge is 0.495 e. The molecular weight excluding hydrogens is 280 g/mol. The number of amides is 2. The van der Waals surface area contributed by atoms with Gasteiger partial charge in [-0.2, -0.15) is 0 Å². The van der Waals surface area contributed by atoms with Crippen molar-refractivity contribution in [3.05, 3.63) is 23.2 Å². The first-order chi connectivity index (χ1) is 9.51. The van der Waals surface area contributed by atoms with Gasteiger partial charge in [-0.3, -0.25) is 0 Å². The Labute approximate surface area is 123 Å². The van der Waals surface area contributed by atoms with Gasteiger partial charge in [0.15, 0.2) is 0 Å². The van der Waals surface area contributed by atoms with E-state index in [0.29, 0.717) is 28.9 Å². The first-order valence-electron chi connectivity index (χ1n) is 6.55. The molecule has 0 aliphatic heterocycles. The molecule has 2 amide bonds. The molecule has 0 spiro atoms. The molecule has 110 valence electrons. The van der Waals surface area contributed by atoms with Crippen LogP contribution in [-0.4, -0.2) is 42.8 Å². The number of methoxy groups -OCH3 is 1. The Morgan fingerprint density at radius 2 is 2.30 bits per heavy atom. The van der Waals surface area contributed by atoms with Crippen LogP contribution in [0.25, 0.3) is 0 Å². The van der Waals surface area contributed by atoms with Gasteiger partial charge in [0.2, 0.25) is 0 Å². The fourth-order valence-corrected chi connectivity index (χ4v) is 2.21. The van der Waals surface area contributed by atoms with Crippen LogP contribution in [0, 0.1) is 5.92 Å². The molecule has 1 atom stereocenters. The van der Waals surface area contributed by atoms with E-state index < -0.39 is 6.10 Å². The van der Waals surface area contributed by atoms with E-state index in [4.69, 9.17) is 16.3 Å². The lowest BCUT2D eigenvalue weighted by atomic mass is 10.2. The number of ether oxygens (including phenoxy) is 1. The van der Waals surface area contributed by atoms with Gasteiger partial charge in [-0.1, -0.05) is 11.6 Å². The summed E-state index contributed by atoms with van der Waals surface area (Å²) in [5, 5.41) is 13.0. The number of rotatable bonds is 5. The van der Waals surface area contributed by atoms with Crippen molar-refractivity contribution in [3.8, 4) is 5.75 Å². The molecule has 1 aromatic carbocycles. The van der Waals surface area contributed by atoms with Crippen molar-refractivity contribution in [2.75, 3.05) is 26.0 Å². The quantitative estimate of drug-likeness (QED) is 0.878. The minimum atomic E-state index is -0.440. The van der Waals surface area contributed by atoms with Crippen LogP contribution in [0.5, 0.6) is 5.75 Å². The van der Waals surface area contributed by atoms with E-state index in [0.717, 1.165) is 12.8 Å². The maximum absolute atomic E-state index is 12.0. The third-order valence-electron chi connectivity index (χ3n) is 3.38. The second-order valence-corrected chi connectivity index (χ2v) is 5.47. The summed E-state index contributed by atoms with van der Waals surface area (Å²) in [6.07, 6.45) is 1.65. The van der Waals surface area contributed by atoms with E-state index in [-0.39, 0.29) is 6.03 Å². The van der Waals surface area contributed by atoms with Crippen molar-refractivity contribution in [3.63, 3.8) is 0 Å². The summed E-state index contributed by atoms with van der Waals surface area (Å²) >= 11 is 6.00. The number of urea groups is 1. The van der Waals surface area contributed by atoms with Crippen LogP contribution in [0.2, 0.25) is 5.02 Å². The molecule has 0 heterocycles. The SMILES string of the molecule is COc1ccc(NC(=O)N(C)CC(O)C2CC2)cc1Cl. The van der Waals surface area contributed by atoms with E-state index in [1.807, 2.05) is 0 Å². The lowest BCUT2D eigenvalue weighted by Gasteiger charge is -2.21. The normalized spacial score (nSPS) is 15.6. The molecule has 20 heavy (non-hydrogen) atoms. The van der Waals surface area contributed by atoms with Crippen LogP contribution in [0.4, 0.5) is 10.5 Å². The minimum Gasteiger partial charge on any atom is -0.495 e. The number of anilines is 1. The topological polar surface area (TPSA) is 61.8 Å². The standard InChI is InChI=1S/C14H19ClN2O3/c1-17(8-12(18)9-3-4-9)14(19)16-10-5-6-13(20-2)11(15)7-10/h5-7,9,12,18H,3-4,8H2,1-2H3,(H,16,19). The number of hydrogen-bond acceptors (Lipinski definition) is 3. The van der Waals surface area contributed by atoms with Gasteiger partial charge in [0.1, 0.15) is 5.75 Å². The highest BCUT2D eigenvalue weighted by Gasteiger charge is 2.31. The second-order valence-electron chi connectivity index (χ2n) is 5.06. The molecular formula is C14H19ClN2O3. The van der Waals surface area contributed by atoms with Gasteiger partial charge in [0, 0.05) is 19.3 Å². The number of benzene rings is 1. The zero-order valence-corrected chi connectivity index (χ0v) is 12.4. The summed E-state index contributed by atoms with van der Waals surface area (Å²) in [7, 11) is 3.19. The highest BCUT2D eigenvalue weighted by molar-refractivity contribution is 6.32. The van der Waals surface area contributed by atoms with Crippen molar-refractivity contribution in [1.29, 1.82) is 0 Å². The van der Waals surface area contributed by atoms with Crippen molar-refractivity contribution < 1.29 is 14.6 Å². The molecule has 0 radical (unpaired) electrons. The van der Waals surface area contributed by atoms with E-state index in [1.54, 1.807) is 25.2 Å². The van der Waals surface area contributed by atoms with E-state index >= 15 is 0 Å². The van der Waals surface area contributed by atoms with Crippen LogP contribution in [0.15, 0.2) is 18.2 Å². The molecule has 6 heteroatoms. The Balaban J connectivity index is 1.91. The number of carbonyl (C=O) groups is 1. The van der Waals surface area contributed by atoms with Crippen molar-refractivity contribution in [2.24, 2.45) is 5.92 Å². The average Bonchev–Trinajstić information content (AvgIpc) is 3.23. The van der Waals surface area contributed by atoms with Gasteiger partial charge < -0.3 is 20.1 Å². The summed E-state index contributed by atoms with van der Waals surface area (Å²) < 4.78 is 5.05. The molecule has 0 bridgehead atoms. The fraction of sp³-hybridized carbons (Fsp3) is 0.500. The monoisotopic (exact) mass is 298 g/mol. The van der Waals surface area contributed by atoms with Crippen LogP contribution in [0.1, 0.15) is 12.8 Å². The van der Waals surface area contributed by atoms with Gasteiger partial charge in [-0.05, 0) is 37.0 Å². The molecule has 1 aliphatic carbocycles. The number of aliphatic hydroxyl groups is 1. The van der Waals surface area contributed by atoms with Crippen molar-refractivity contribution in [1.82, 2.24) is 4.90 Å². The molecule has 0 saturated heterocycles. The summed E-state index contributed by atoms with van der Waals surface area (Å²) in [4.78, 5) is 13.5. The van der Waals surface area contributed by atoms with Crippen LogP contribution in [-0.2, 0) is 0 Å². The zero-order chi connectivity index (χ0) is 14.7. The third kappa shape index (κ3) is 3.77. The molecule has 1 saturated carbocycles. The fourth-order valence-electron chi connectivity index (χ4n) is 1.96. The van der Waals surface area contributed by atoms with E-state index in [2.05, 4.69) is 5.32 Å². The number of aliphatic hydroxyl groups excluding tert-OH is 1. The highest BCUT2D eigenvalue weighted by atomic mass is 35.5. The predicted molar refractivity (Wildman–Crippen MR) is 78.4 cm³/mol. The van der Waals surface area contributed by atoms with Crippen molar-refractivity contribution in [2.45, 2.75) is 18.9 Å².